The van der Waals surface area contributed by atoms with Gasteiger partial charge < -0.3 is 10.6 Å². The molecule has 1 heterocycles. The number of carbonyl (C=O) groups is 1. The lowest BCUT2D eigenvalue weighted by molar-refractivity contribution is -0.131. The quantitative estimate of drug-likeness (QED) is 0.702. The van der Waals surface area contributed by atoms with Crippen LogP contribution >= 0.6 is 0 Å². The minimum absolute atomic E-state index is 0.0987. The molecule has 1 rings (SSSR count). The number of rotatable bonds is 3. The van der Waals surface area contributed by atoms with Crippen LogP contribution in [0.25, 0.3) is 0 Å². The molecule has 1 atom stereocenters. The molecular formula is C7H10F3N2O3S. The number of carbonyl (C=O) groups excluding carboxylic acids is 1. The standard InChI is InChI=1S/C7H10F3N2O3S/c8-7(9)1-5(3-16(10,14)15)12(4-7)6(13)2-11/h3,5H,1-2,4,11H2/t5-/m0/s1. The molecule has 1 amide bonds. The Labute approximate surface area is 90.6 Å². The lowest BCUT2D eigenvalue weighted by Crippen LogP contribution is -2.41. The summed E-state index contributed by atoms with van der Waals surface area (Å²) in [6.07, 6.45) is -0.915. The average Bonchev–Trinajstić information content (AvgIpc) is 2.36. The smallest absolute Gasteiger partial charge is 0.308 e. The van der Waals surface area contributed by atoms with Crippen molar-refractivity contribution in [2.75, 3.05) is 13.1 Å². The monoisotopic (exact) mass is 259 g/mol. The first-order valence-corrected chi connectivity index (χ1v) is 5.76. The van der Waals surface area contributed by atoms with Crippen LogP contribution in [-0.4, -0.2) is 44.3 Å². The maximum absolute atomic E-state index is 12.9. The Kier molecular flexibility index (Phi) is 3.48. The van der Waals surface area contributed by atoms with Crippen LogP contribution in [0.2, 0.25) is 0 Å². The summed E-state index contributed by atoms with van der Waals surface area (Å²) in [6.45, 7) is -1.48. The molecule has 9 heteroatoms. The Bertz CT molecular complexity index is 384. The first-order valence-electron chi connectivity index (χ1n) is 4.31. The summed E-state index contributed by atoms with van der Waals surface area (Å²) in [5, 5.41) is 0. The summed E-state index contributed by atoms with van der Waals surface area (Å²) in [5.41, 5.74) is 4.97. The molecule has 1 saturated heterocycles. The largest absolute Gasteiger partial charge is 0.331 e. The Morgan fingerprint density at radius 1 is 1.56 bits per heavy atom. The number of hydrogen-bond acceptors (Lipinski definition) is 4. The number of likely N-dealkylation sites (tertiary alicyclic amines) is 1. The lowest BCUT2D eigenvalue weighted by atomic mass is 10.2. The van der Waals surface area contributed by atoms with Gasteiger partial charge in [-0.1, -0.05) is 0 Å². The van der Waals surface area contributed by atoms with Crippen LogP contribution in [-0.2, 0) is 15.0 Å². The Morgan fingerprint density at radius 3 is 2.56 bits per heavy atom. The second-order valence-electron chi connectivity index (χ2n) is 3.46. The van der Waals surface area contributed by atoms with E-state index in [4.69, 9.17) is 5.73 Å². The number of halogens is 3. The van der Waals surface area contributed by atoms with Crippen molar-refractivity contribution < 1.29 is 25.9 Å². The van der Waals surface area contributed by atoms with Crippen LogP contribution in [0.15, 0.2) is 0 Å². The van der Waals surface area contributed by atoms with E-state index < -0.39 is 47.6 Å². The fourth-order valence-corrected chi connectivity index (χ4v) is 2.17. The highest BCUT2D eigenvalue weighted by Crippen LogP contribution is 2.34. The van der Waals surface area contributed by atoms with Gasteiger partial charge in [0.15, 0.2) is 0 Å². The predicted octanol–water partition coefficient (Wildman–Crippen LogP) is -0.358. The highest BCUT2D eigenvalue weighted by molar-refractivity contribution is 7.88. The van der Waals surface area contributed by atoms with Crippen LogP contribution in [0.4, 0.5) is 12.7 Å². The summed E-state index contributed by atoms with van der Waals surface area (Å²) < 4.78 is 58.9. The molecular weight excluding hydrogens is 249 g/mol. The molecule has 0 aromatic carbocycles. The molecule has 1 fully saturated rings. The van der Waals surface area contributed by atoms with E-state index in [1.165, 1.54) is 0 Å². The minimum atomic E-state index is -5.03. The molecule has 0 unspecified atom stereocenters. The zero-order valence-electron chi connectivity index (χ0n) is 8.07. The molecule has 16 heavy (non-hydrogen) atoms. The first-order chi connectivity index (χ1) is 7.14. The summed E-state index contributed by atoms with van der Waals surface area (Å²) >= 11 is 0. The van der Waals surface area contributed by atoms with Crippen molar-refractivity contribution in [2.45, 2.75) is 18.4 Å². The Morgan fingerprint density at radius 2 is 2.12 bits per heavy atom. The van der Waals surface area contributed by atoms with Crippen molar-refractivity contribution in [2.24, 2.45) is 5.73 Å². The van der Waals surface area contributed by atoms with Crippen molar-refractivity contribution in [3.8, 4) is 0 Å². The van der Waals surface area contributed by atoms with E-state index in [1.54, 1.807) is 0 Å². The summed E-state index contributed by atoms with van der Waals surface area (Å²) in [6, 6.07) is -1.47. The van der Waals surface area contributed by atoms with Gasteiger partial charge in [0.1, 0.15) is 5.75 Å². The van der Waals surface area contributed by atoms with Crippen molar-refractivity contribution in [1.29, 1.82) is 0 Å². The normalized spacial score (nSPS) is 24.8. The number of nitrogens with zero attached hydrogens (tertiary/aromatic N) is 1. The number of alkyl halides is 2. The highest BCUT2D eigenvalue weighted by atomic mass is 32.3. The first kappa shape index (κ1) is 13.2. The van der Waals surface area contributed by atoms with E-state index in [-0.39, 0.29) is 5.75 Å². The molecule has 0 bridgehead atoms. The van der Waals surface area contributed by atoms with Gasteiger partial charge in [0.25, 0.3) is 5.92 Å². The van der Waals surface area contributed by atoms with Crippen LogP contribution in [0.1, 0.15) is 6.42 Å². The lowest BCUT2D eigenvalue weighted by Gasteiger charge is -2.21. The molecule has 1 aliphatic heterocycles. The third-order valence-electron chi connectivity index (χ3n) is 2.12. The zero-order valence-corrected chi connectivity index (χ0v) is 8.88. The zero-order chi connectivity index (χ0) is 12.6. The van der Waals surface area contributed by atoms with E-state index in [2.05, 4.69) is 0 Å². The second kappa shape index (κ2) is 4.21. The van der Waals surface area contributed by atoms with Gasteiger partial charge in [0.05, 0.1) is 19.1 Å². The molecule has 0 aromatic rings. The van der Waals surface area contributed by atoms with Crippen LogP contribution in [0.5, 0.6) is 0 Å². The van der Waals surface area contributed by atoms with Gasteiger partial charge in [-0.05, 0) is 0 Å². The van der Waals surface area contributed by atoms with Crippen LogP contribution < -0.4 is 5.73 Å². The average molecular weight is 259 g/mol. The summed E-state index contributed by atoms with van der Waals surface area (Å²) in [7, 11) is -5.03. The van der Waals surface area contributed by atoms with Crippen molar-refractivity contribution in [3.63, 3.8) is 0 Å². The Balaban J connectivity index is 2.84. The minimum Gasteiger partial charge on any atom is -0.331 e. The van der Waals surface area contributed by atoms with Crippen molar-refractivity contribution in [1.82, 2.24) is 4.90 Å². The molecule has 0 spiro atoms. The van der Waals surface area contributed by atoms with Crippen LogP contribution in [0.3, 0.4) is 0 Å². The Hall–Kier alpha value is -0.830. The summed E-state index contributed by atoms with van der Waals surface area (Å²) in [4.78, 5) is 11.7. The molecule has 1 radical (unpaired) electrons. The van der Waals surface area contributed by atoms with Crippen molar-refractivity contribution in [3.05, 3.63) is 5.75 Å². The van der Waals surface area contributed by atoms with Gasteiger partial charge in [0.2, 0.25) is 5.91 Å². The van der Waals surface area contributed by atoms with E-state index in [0.717, 1.165) is 0 Å². The fourth-order valence-electron chi connectivity index (χ4n) is 1.55. The van der Waals surface area contributed by atoms with E-state index >= 15 is 0 Å². The van der Waals surface area contributed by atoms with E-state index in [1.807, 2.05) is 0 Å². The van der Waals surface area contributed by atoms with Crippen LogP contribution in [0, 0.1) is 5.75 Å². The summed E-state index contributed by atoms with van der Waals surface area (Å²) in [5.74, 6) is -3.97. The fraction of sp³-hybridized carbons (Fsp3) is 0.714. The van der Waals surface area contributed by atoms with Gasteiger partial charge in [-0.2, -0.15) is 8.42 Å². The predicted molar refractivity (Wildman–Crippen MR) is 48.4 cm³/mol. The van der Waals surface area contributed by atoms with Gasteiger partial charge in [-0.3, -0.25) is 4.79 Å². The molecule has 1 aliphatic rings. The third kappa shape index (κ3) is 3.34. The number of nitrogens with two attached hydrogens (primary N) is 1. The molecule has 0 aliphatic carbocycles. The second-order valence-corrected chi connectivity index (χ2v) is 4.69. The molecule has 2 N–H and O–H groups in total. The number of amides is 1. The van der Waals surface area contributed by atoms with Crippen molar-refractivity contribution >= 4 is 16.1 Å². The SMILES string of the molecule is NCC(=O)N1CC(F)(F)C[C@H]1[CH]S(=O)(=O)F. The topological polar surface area (TPSA) is 80.5 Å². The molecule has 0 saturated carbocycles. The number of hydrogen-bond donors (Lipinski definition) is 1. The molecule has 0 aromatic heterocycles. The third-order valence-corrected chi connectivity index (χ3v) is 2.76. The molecule has 5 nitrogen and oxygen atoms in total. The van der Waals surface area contributed by atoms with E-state index in [9.17, 15) is 25.9 Å². The molecule has 93 valence electrons. The van der Waals surface area contributed by atoms with E-state index in [0.29, 0.717) is 4.90 Å². The maximum Gasteiger partial charge on any atom is 0.308 e. The highest BCUT2D eigenvalue weighted by Gasteiger charge is 2.48. The van der Waals surface area contributed by atoms with Gasteiger partial charge in [-0.25, -0.2) is 8.78 Å². The van der Waals surface area contributed by atoms with Gasteiger partial charge in [0, 0.05) is 6.42 Å². The van der Waals surface area contributed by atoms with Gasteiger partial charge >= 0.3 is 10.2 Å². The van der Waals surface area contributed by atoms with Gasteiger partial charge in [-0.15, -0.1) is 3.89 Å². The maximum atomic E-state index is 12.9.